The van der Waals surface area contributed by atoms with E-state index in [1.165, 1.54) is 22.3 Å². The van der Waals surface area contributed by atoms with Gasteiger partial charge in [0.25, 0.3) is 0 Å². The van der Waals surface area contributed by atoms with Gasteiger partial charge in [0.1, 0.15) is 6.61 Å². The lowest BCUT2D eigenvalue weighted by Crippen LogP contribution is -2.57. The molecule has 6 rings (SSSR count). The van der Waals surface area contributed by atoms with Gasteiger partial charge in [0.05, 0.1) is 5.92 Å². The van der Waals surface area contributed by atoms with E-state index in [1.807, 2.05) is 24.3 Å². The summed E-state index contributed by atoms with van der Waals surface area (Å²) in [6.45, 7) is 0.892. The van der Waals surface area contributed by atoms with E-state index < -0.39 is 11.9 Å². The van der Waals surface area contributed by atoms with Crippen molar-refractivity contribution < 1.29 is 19.4 Å². The van der Waals surface area contributed by atoms with Crippen LogP contribution in [0.25, 0.3) is 11.1 Å². The molecule has 2 saturated heterocycles. The fourth-order valence-electron chi connectivity index (χ4n) is 5.35. The quantitative estimate of drug-likeness (QED) is 0.874. The van der Waals surface area contributed by atoms with Gasteiger partial charge in [-0.25, -0.2) is 4.79 Å². The number of rotatable bonds is 3. The summed E-state index contributed by atoms with van der Waals surface area (Å²) in [5.41, 5.74) is 4.75. The third-order valence-corrected chi connectivity index (χ3v) is 6.67. The van der Waals surface area contributed by atoms with E-state index in [2.05, 4.69) is 24.3 Å². The number of nitrogens with zero attached hydrogens (tertiary/aromatic N) is 1. The van der Waals surface area contributed by atoms with Gasteiger partial charge in [-0.15, -0.1) is 0 Å². The lowest BCUT2D eigenvalue weighted by molar-refractivity contribution is -0.149. The smallest absolute Gasteiger partial charge is 0.410 e. The molecule has 5 heteroatoms. The second kappa shape index (κ2) is 6.66. The molecular weight excluding hydrogens is 354 g/mol. The Morgan fingerprint density at radius 1 is 1.00 bits per heavy atom. The third-order valence-electron chi connectivity index (χ3n) is 6.67. The van der Waals surface area contributed by atoms with Gasteiger partial charge in [-0.05, 0) is 47.4 Å². The maximum Gasteiger partial charge on any atom is 0.410 e. The summed E-state index contributed by atoms with van der Waals surface area (Å²) in [6.07, 6.45) is 2.06. The number of ether oxygens (including phenoxy) is 1. The number of piperidine rings is 2. The van der Waals surface area contributed by atoms with Crippen LogP contribution >= 0.6 is 0 Å². The summed E-state index contributed by atoms with van der Waals surface area (Å²) in [7, 11) is 0. The molecule has 0 aromatic heterocycles. The average molecular weight is 377 g/mol. The van der Waals surface area contributed by atoms with Crippen LogP contribution in [0.3, 0.4) is 0 Å². The molecule has 1 amide bonds. The van der Waals surface area contributed by atoms with Gasteiger partial charge in [-0.1, -0.05) is 48.5 Å². The van der Waals surface area contributed by atoms with E-state index in [-0.39, 0.29) is 30.6 Å². The lowest BCUT2D eigenvalue weighted by atomic mass is 9.73. The molecule has 2 aromatic rings. The van der Waals surface area contributed by atoms with E-state index in [4.69, 9.17) is 4.74 Å². The number of amides is 1. The Hall–Kier alpha value is -2.82. The molecule has 3 fully saturated rings. The fraction of sp³-hybridized carbons (Fsp3) is 0.391. The first-order valence-corrected chi connectivity index (χ1v) is 9.98. The van der Waals surface area contributed by atoms with Crippen LogP contribution in [-0.4, -0.2) is 41.3 Å². The first-order valence-electron chi connectivity index (χ1n) is 9.98. The van der Waals surface area contributed by atoms with Crippen LogP contribution in [0.2, 0.25) is 0 Å². The maximum absolute atomic E-state index is 12.8. The molecule has 5 nitrogen and oxygen atoms in total. The molecule has 2 aromatic carbocycles. The molecule has 0 radical (unpaired) electrons. The molecule has 4 aliphatic rings. The Labute approximate surface area is 163 Å². The topological polar surface area (TPSA) is 66.8 Å². The highest BCUT2D eigenvalue weighted by molar-refractivity contribution is 5.79. The molecule has 2 aliphatic carbocycles. The highest BCUT2D eigenvalue weighted by Crippen LogP contribution is 2.45. The summed E-state index contributed by atoms with van der Waals surface area (Å²) in [5, 5.41) is 9.50. The van der Waals surface area contributed by atoms with Crippen molar-refractivity contribution in [3.8, 4) is 11.1 Å². The lowest BCUT2D eigenvalue weighted by Gasteiger charge is -2.47. The normalized spacial score (nSPS) is 25.3. The van der Waals surface area contributed by atoms with E-state index in [9.17, 15) is 14.7 Å². The monoisotopic (exact) mass is 377 g/mol. The number of carbonyl (C=O) groups excluding carboxylic acids is 1. The Morgan fingerprint density at radius 2 is 1.64 bits per heavy atom. The van der Waals surface area contributed by atoms with Gasteiger partial charge >= 0.3 is 12.1 Å². The molecule has 1 saturated carbocycles. The predicted octanol–water partition coefficient (Wildman–Crippen LogP) is 4.12. The second-order valence-corrected chi connectivity index (χ2v) is 8.15. The van der Waals surface area contributed by atoms with Crippen molar-refractivity contribution in [2.75, 3.05) is 13.2 Å². The first-order chi connectivity index (χ1) is 13.6. The van der Waals surface area contributed by atoms with Crippen molar-refractivity contribution in [3.05, 3.63) is 59.7 Å². The highest BCUT2D eigenvalue weighted by atomic mass is 16.6. The van der Waals surface area contributed by atoms with Gasteiger partial charge in [-0.3, -0.25) is 4.79 Å². The summed E-state index contributed by atoms with van der Waals surface area (Å²) in [6, 6.07) is 16.3. The van der Waals surface area contributed by atoms with E-state index in [0.717, 1.165) is 12.8 Å². The fourth-order valence-corrected chi connectivity index (χ4v) is 5.35. The van der Waals surface area contributed by atoms with Crippen molar-refractivity contribution in [1.82, 2.24) is 4.90 Å². The second-order valence-electron chi connectivity index (χ2n) is 8.15. The van der Waals surface area contributed by atoms with Gasteiger partial charge < -0.3 is 14.7 Å². The molecule has 0 spiro atoms. The minimum atomic E-state index is -0.800. The zero-order valence-electron chi connectivity index (χ0n) is 15.6. The minimum absolute atomic E-state index is 0.0219. The number of carboxylic acids is 1. The molecule has 2 aliphatic heterocycles. The molecule has 0 unspecified atom stereocenters. The molecule has 2 bridgehead atoms. The summed E-state index contributed by atoms with van der Waals surface area (Å²) in [5.74, 6) is -0.973. The standard InChI is InChI=1S/C23H23NO4/c25-22(26)19-11-14-9-10-21(19)24(12-14)23(27)28-13-20-17-7-3-1-5-15(17)16-6-2-4-8-18(16)20/h1-8,14,19-21H,9-13H2,(H,25,26)/t14-,19-,21+/m0/s1. The van der Waals surface area contributed by atoms with Crippen LogP contribution in [0, 0.1) is 11.8 Å². The maximum atomic E-state index is 12.8. The Morgan fingerprint density at radius 3 is 2.25 bits per heavy atom. The number of hydrogen-bond donors (Lipinski definition) is 1. The van der Waals surface area contributed by atoms with Crippen LogP contribution in [0.5, 0.6) is 0 Å². The average Bonchev–Trinajstić information content (AvgIpc) is 3.06. The van der Waals surface area contributed by atoms with Crippen molar-refractivity contribution in [3.63, 3.8) is 0 Å². The van der Waals surface area contributed by atoms with Crippen molar-refractivity contribution in [1.29, 1.82) is 0 Å². The molecular formula is C23H23NO4. The van der Waals surface area contributed by atoms with Crippen LogP contribution in [0.4, 0.5) is 4.79 Å². The number of hydrogen-bond acceptors (Lipinski definition) is 3. The molecule has 144 valence electrons. The summed E-state index contributed by atoms with van der Waals surface area (Å²) in [4.78, 5) is 26.1. The first kappa shape index (κ1) is 17.3. The van der Waals surface area contributed by atoms with Crippen LogP contribution in [0.1, 0.15) is 36.3 Å². The predicted molar refractivity (Wildman–Crippen MR) is 104 cm³/mol. The van der Waals surface area contributed by atoms with Crippen LogP contribution < -0.4 is 0 Å². The number of carbonyl (C=O) groups is 2. The van der Waals surface area contributed by atoms with Crippen molar-refractivity contribution in [2.45, 2.75) is 31.2 Å². The third kappa shape index (κ3) is 2.68. The molecule has 28 heavy (non-hydrogen) atoms. The number of carboxylic acid groups (broad SMARTS) is 1. The summed E-state index contributed by atoms with van der Waals surface area (Å²) < 4.78 is 5.75. The van der Waals surface area contributed by atoms with E-state index >= 15 is 0 Å². The van der Waals surface area contributed by atoms with Crippen LogP contribution in [0.15, 0.2) is 48.5 Å². The number of benzene rings is 2. The van der Waals surface area contributed by atoms with Gasteiger partial charge in [-0.2, -0.15) is 0 Å². The summed E-state index contributed by atoms with van der Waals surface area (Å²) >= 11 is 0. The SMILES string of the molecule is O=C(O)[C@H]1C[C@@H]2CC[C@H]1N(C(=O)OCC1c3ccccc3-c3ccccc31)C2. The van der Waals surface area contributed by atoms with Gasteiger partial charge in [0, 0.05) is 18.5 Å². The zero-order valence-corrected chi connectivity index (χ0v) is 15.6. The Balaban J connectivity index is 1.34. The number of aliphatic carboxylic acids is 1. The van der Waals surface area contributed by atoms with Crippen molar-refractivity contribution in [2.24, 2.45) is 11.8 Å². The Bertz CT molecular complexity index is 894. The van der Waals surface area contributed by atoms with Crippen molar-refractivity contribution >= 4 is 12.1 Å². The van der Waals surface area contributed by atoms with Gasteiger partial charge in [0.15, 0.2) is 0 Å². The molecule has 3 atom stereocenters. The highest BCUT2D eigenvalue weighted by Gasteiger charge is 2.46. The van der Waals surface area contributed by atoms with Gasteiger partial charge in [0.2, 0.25) is 0 Å². The largest absolute Gasteiger partial charge is 0.481 e. The minimum Gasteiger partial charge on any atom is -0.481 e. The zero-order chi connectivity index (χ0) is 19.3. The van der Waals surface area contributed by atoms with E-state index in [1.54, 1.807) is 4.90 Å². The number of fused-ring (bicyclic) bond motifs is 6. The van der Waals surface area contributed by atoms with E-state index in [0.29, 0.717) is 13.0 Å². The van der Waals surface area contributed by atoms with Crippen LogP contribution in [-0.2, 0) is 9.53 Å². The Kier molecular flexibility index (Phi) is 4.11. The molecule has 2 heterocycles. The molecule has 1 N–H and O–H groups in total.